The van der Waals surface area contributed by atoms with Gasteiger partial charge in [-0.05, 0) is 25.0 Å². The minimum absolute atomic E-state index is 0.00965. The van der Waals surface area contributed by atoms with Crippen molar-refractivity contribution < 1.29 is 22.8 Å². The maximum atomic E-state index is 13.1. The molecule has 0 unspecified atom stereocenters. The number of hydrogen-bond donors (Lipinski definition) is 2. The zero-order chi connectivity index (χ0) is 22.3. The second-order valence-corrected chi connectivity index (χ2v) is 8.35. The smallest absolute Gasteiger partial charge is 0.335 e. The third kappa shape index (κ3) is 7.12. The summed E-state index contributed by atoms with van der Waals surface area (Å²) in [5.41, 5.74) is -1.10. The van der Waals surface area contributed by atoms with Gasteiger partial charge in [-0.1, -0.05) is 44.2 Å². The summed E-state index contributed by atoms with van der Waals surface area (Å²) >= 11 is 0. The Labute approximate surface area is 181 Å². The lowest BCUT2D eigenvalue weighted by Gasteiger charge is -2.35. The maximum Gasteiger partial charge on any atom is 0.418 e. The van der Waals surface area contributed by atoms with Gasteiger partial charge in [-0.2, -0.15) is 13.2 Å². The maximum absolute atomic E-state index is 13.1. The second kappa shape index (κ2) is 10.8. The summed E-state index contributed by atoms with van der Waals surface area (Å²) in [5.74, 6) is -0.496. The number of rotatable bonds is 4. The summed E-state index contributed by atoms with van der Waals surface area (Å²) in [6, 6.07) is 5.11. The van der Waals surface area contributed by atoms with Crippen molar-refractivity contribution in [2.24, 2.45) is 0 Å². The molecule has 1 saturated carbocycles. The molecule has 0 aromatic heterocycles. The fourth-order valence-electron chi connectivity index (χ4n) is 4.21. The van der Waals surface area contributed by atoms with Gasteiger partial charge in [0.05, 0.1) is 17.8 Å². The third-order valence-electron chi connectivity index (χ3n) is 5.97. The highest BCUT2D eigenvalue weighted by Crippen LogP contribution is 2.34. The SMILES string of the molecule is O=C(CN1CCN(C(=O)NC2CCCCCCC2)CC1)Nc1ccccc1C(F)(F)F. The normalized spacial score (nSPS) is 19.4. The van der Waals surface area contributed by atoms with E-state index in [1.165, 1.54) is 37.5 Å². The number of nitrogens with one attached hydrogen (secondary N) is 2. The molecule has 2 aliphatic rings. The van der Waals surface area contributed by atoms with Crippen LogP contribution < -0.4 is 10.6 Å². The van der Waals surface area contributed by atoms with Crippen LogP contribution in [-0.4, -0.2) is 60.5 Å². The van der Waals surface area contributed by atoms with Crippen LogP contribution in [0.1, 0.15) is 50.5 Å². The predicted molar refractivity (Wildman–Crippen MR) is 113 cm³/mol. The molecule has 6 nitrogen and oxygen atoms in total. The van der Waals surface area contributed by atoms with Gasteiger partial charge in [0.2, 0.25) is 5.91 Å². The van der Waals surface area contributed by atoms with E-state index in [1.54, 1.807) is 4.90 Å². The summed E-state index contributed by atoms with van der Waals surface area (Å²) in [5, 5.41) is 5.52. The van der Waals surface area contributed by atoms with Crippen molar-refractivity contribution in [2.75, 3.05) is 38.0 Å². The molecule has 1 aliphatic heterocycles. The largest absolute Gasteiger partial charge is 0.418 e. The molecule has 0 atom stereocenters. The lowest BCUT2D eigenvalue weighted by Crippen LogP contribution is -2.54. The predicted octanol–water partition coefficient (Wildman–Crippen LogP) is 4.08. The number of hydrogen-bond acceptors (Lipinski definition) is 3. The molecule has 3 rings (SSSR count). The van der Waals surface area contributed by atoms with Crippen molar-refractivity contribution >= 4 is 17.6 Å². The number of anilines is 1. The van der Waals surface area contributed by atoms with Crippen LogP contribution in [-0.2, 0) is 11.0 Å². The molecule has 1 saturated heterocycles. The number of para-hydroxylation sites is 1. The van der Waals surface area contributed by atoms with Gasteiger partial charge < -0.3 is 15.5 Å². The highest BCUT2D eigenvalue weighted by molar-refractivity contribution is 5.93. The van der Waals surface area contributed by atoms with Crippen molar-refractivity contribution in [3.8, 4) is 0 Å². The number of piperazine rings is 1. The highest BCUT2D eigenvalue weighted by Gasteiger charge is 2.33. The first-order valence-corrected chi connectivity index (χ1v) is 11.1. The molecule has 0 bridgehead atoms. The molecular weight excluding hydrogens is 409 g/mol. The Morgan fingerprint density at radius 3 is 2.19 bits per heavy atom. The summed E-state index contributed by atoms with van der Waals surface area (Å²) in [7, 11) is 0. The molecule has 0 spiro atoms. The molecule has 9 heteroatoms. The van der Waals surface area contributed by atoms with Crippen LogP contribution in [0.2, 0.25) is 0 Å². The summed E-state index contributed by atoms with van der Waals surface area (Å²) < 4.78 is 39.2. The van der Waals surface area contributed by atoms with Crippen LogP contribution in [0.5, 0.6) is 0 Å². The van der Waals surface area contributed by atoms with Gasteiger partial charge in [-0.3, -0.25) is 9.69 Å². The van der Waals surface area contributed by atoms with E-state index in [-0.39, 0.29) is 24.3 Å². The van der Waals surface area contributed by atoms with E-state index in [0.717, 1.165) is 31.7 Å². The zero-order valence-corrected chi connectivity index (χ0v) is 17.7. The molecule has 0 radical (unpaired) electrons. The molecule has 31 heavy (non-hydrogen) atoms. The van der Waals surface area contributed by atoms with Crippen molar-refractivity contribution in [2.45, 2.75) is 57.2 Å². The fraction of sp³-hybridized carbons (Fsp3) is 0.636. The average Bonchev–Trinajstić information content (AvgIpc) is 2.70. The number of amides is 3. The van der Waals surface area contributed by atoms with Gasteiger partial charge in [0.15, 0.2) is 0 Å². The van der Waals surface area contributed by atoms with Gasteiger partial charge in [-0.15, -0.1) is 0 Å². The van der Waals surface area contributed by atoms with E-state index < -0.39 is 17.6 Å². The summed E-state index contributed by atoms with van der Waals surface area (Å²) in [4.78, 5) is 28.5. The number of carbonyl (C=O) groups is 2. The lowest BCUT2D eigenvalue weighted by molar-refractivity contribution is -0.137. The number of benzene rings is 1. The van der Waals surface area contributed by atoms with E-state index in [0.29, 0.717) is 26.2 Å². The number of alkyl halides is 3. The van der Waals surface area contributed by atoms with Crippen molar-refractivity contribution in [3.05, 3.63) is 29.8 Å². The molecular formula is C22H31F3N4O2. The van der Waals surface area contributed by atoms with Crippen LogP contribution in [0, 0.1) is 0 Å². The van der Waals surface area contributed by atoms with Crippen molar-refractivity contribution in [1.29, 1.82) is 0 Å². The van der Waals surface area contributed by atoms with Crippen molar-refractivity contribution in [1.82, 2.24) is 15.1 Å². The first-order valence-electron chi connectivity index (χ1n) is 11.1. The Hall–Kier alpha value is -2.29. The van der Waals surface area contributed by atoms with Crippen LogP contribution in [0.3, 0.4) is 0 Å². The standard InChI is InChI=1S/C22H31F3N4O2/c23-22(24,25)18-10-6-7-11-19(18)27-20(30)16-28-12-14-29(15-13-28)21(31)26-17-8-4-2-1-3-5-9-17/h6-7,10-11,17H,1-5,8-9,12-16H2,(H,26,31)(H,27,30). The Bertz CT molecular complexity index is 741. The highest BCUT2D eigenvalue weighted by atomic mass is 19.4. The van der Waals surface area contributed by atoms with Gasteiger partial charge in [0, 0.05) is 32.2 Å². The Morgan fingerprint density at radius 1 is 0.935 bits per heavy atom. The zero-order valence-electron chi connectivity index (χ0n) is 17.7. The Kier molecular flexibility index (Phi) is 8.17. The molecule has 1 aromatic carbocycles. The topological polar surface area (TPSA) is 64.7 Å². The van der Waals surface area contributed by atoms with E-state index in [2.05, 4.69) is 10.6 Å². The van der Waals surface area contributed by atoms with Gasteiger partial charge in [-0.25, -0.2) is 4.79 Å². The Morgan fingerprint density at radius 2 is 1.55 bits per heavy atom. The van der Waals surface area contributed by atoms with Gasteiger partial charge >= 0.3 is 12.2 Å². The quantitative estimate of drug-likeness (QED) is 0.742. The number of carbonyl (C=O) groups excluding carboxylic acids is 2. The lowest BCUT2D eigenvalue weighted by atomic mass is 9.97. The van der Waals surface area contributed by atoms with Crippen molar-refractivity contribution in [3.63, 3.8) is 0 Å². The molecule has 2 fully saturated rings. The van der Waals surface area contributed by atoms with Crippen LogP contribution in [0.25, 0.3) is 0 Å². The van der Waals surface area contributed by atoms with E-state index in [4.69, 9.17) is 0 Å². The summed E-state index contributed by atoms with van der Waals surface area (Å²) in [6.45, 7) is 1.99. The molecule has 1 aliphatic carbocycles. The second-order valence-electron chi connectivity index (χ2n) is 8.35. The first kappa shape index (κ1) is 23.4. The minimum Gasteiger partial charge on any atom is -0.335 e. The molecule has 172 valence electrons. The third-order valence-corrected chi connectivity index (χ3v) is 5.97. The van der Waals surface area contributed by atoms with Crippen LogP contribution >= 0.6 is 0 Å². The van der Waals surface area contributed by atoms with E-state index in [9.17, 15) is 22.8 Å². The monoisotopic (exact) mass is 440 g/mol. The summed E-state index contributed by atoms with van der Waals surface area (Å²) in [6.07, 6.45) is 3.52. The number of urea groups is 1. The van der Waals surface area contributed by atoms with E-state index in [1.807, 2.05) is 4.90 Å². The number of nitrogens with zero attached hydrogens (tertiary/aromatic N) is 2. The number of halogens is 3. The molecule has 1 aromatic rings. The minimum atomic E-state index is -4.53. The van der Waals surface area contributed by atoms with E-state index >= 15 is 0 Å². The molecule has 2 N–H and O–H groups in total. The first-order chi connectivity index (χ1) is 14.8. The van der Waals surface area contributed by atoms with Crippen LogP contribution in [0.4, 0.5) is 23.7 Å². The fourth-order valence-corrected chi connectivity index (χ4v) is 4.21. The van der Waals surface area contributed by atoms with Gasteiger partial charge in [0.25, 0.3) is 0 Å². The molecule has 3 amide bonds. The average molecular weight is 441 g/mol. The van der Waals surface area contributed by atoms with Gasteiger partial charge in [0.1, 0.15) is 0 Å². The van der Waals surface area contributed by atoms with Crippen LogP contribution in [0.15, 0.2) is 24.3 Å². The Balaban J connectivity index is 1.44. The molecule has 1 heterocycles.